The Balaban J connectivity index is 1.32. The van der Waals surface area contributed by atoms with Crippen LogP contribution in [0.3, 0.4) is 0 Å². The van der Waals surface area contributed by atoms with Gasteiger partial charge < -0.3 is 18.8 Å². The van der Waals surface area contributed by atoms with E-state index >= 15 is 0 Å². The molecule has 0 N–H and O–H groups in total. The summed E-state index contributed by atoms with van der Waals surface area (Å²) in [6, 6.07) is 5.66. The maximum atomic E-state index is 12.5. The molecular weight excluding hydrogens is 320 g/mol. The Morgan fingerprint density at radius 3 is 2.88 bits per heavy atom. The third-order valence-electron chi connectivity index (χ3n) is 5.02. The fraction of sp³-hybridized carbons (Fsp3) is 0.474. The molecular formula is C19H22N2O4. The van der Waals surface area contributed by atoms with Gasteiger partial charge in [-0.05, 0) is 37.1 Å². The molecule has 0 aliphatic carbocycles. The van der Waals surface area contributed by atoms with Crippen molar-refractivity contribution in [1.29, 1.82) is 0 Å². The number of amides is 1. The van der Waals surface area contributed by atoms with Gasteiger partial charge >= 0.3 is 0 Å². The number of furan rings is 1. The number of hydrogen-bond donors (Lipinski definition) is 0. The van der Waals surface area contributed by atoms with Gasteiger partial charge in [-0.3, -0.25) is 9.78 Å². The minimum absolute atomic E-state index is 0.0142. The highest BCUT2D eigenvalue weighted by Crippen LogP contribution is 2.36. The van der Waals surface area contributed by atoms with E-state index in [-0.39, 0.29) is 17.6 Å². The molecule has 1 amide bonds. The van der Waals surface area contributed by atoms with E-state index in [9.17, 15) is 4.79 Å². The summed E-state index contributed by atoms with van der Waals surface area (Å²) in [7, 11) is 0. The Bertz CT molecular complexity index is 737. The number of rotatable bonds is 4. The highest BCUT2D eigenvalue weighted by atomic mass is 16.5. The number of carbonyl (C=O) groups is 1. The van der Waals surface area contributed by atoms with Crippen LogP contribution in [0, 0.1) is 6.92 Å². The van der Waals surface area contributed by atoms with Gasteiger partial charge in [0.2, 0.25) is 0 Å². The van der Waals surface area contributed by atoms with E-state index in [0.717, 1.165) is 18.4 Å². The van der Waals surface area contributed by atoms with E-state index in [1.165, 1.54) is 0 Å². The minimum Gasteiger partial charge on any atom is -0.469 e. The van der Waals surface area contributed by atoms with Gasteiger partial charge in [0.05, 0.1) is 37.6 Å². The van der Waals surface area contributed by atoms with Crippen LogP contribution in [0.5, 0.6) is 0 Å². The number of aryl methyl sites for hydroxylation is 1. The van der Waals surface area contributed by atoms with E-state index < -0.39 is 0 Å². The molecule has 4 heterocycles. The lowest BCUT2D eigenvalue weighted by Crippen LogP contribution is -2.67. The molecule has 6 heteroatoms. The molecule has 132 valence electrons. The van der Waals surface area contributed by atoms with Gasteiger partial charge in [-0.2, -0.15) is 0 Å². The van der Waals surface area contributed by atoms with Crippen LogP contribution in [-0.4, -0.2) is 47.2 Å². The van der Waals surface area contributed by atoms with Crippen molar-refractivity contribution in [3.8, 4) is 0 Å². The van der Waals surface area contributed by atoms with Gasteiger partial charge in [-0.15, -0.1) is 0 Å². The monoisotopic (exact) mass is 342 g/mol. The maximum Gasteiger partial charge on any atom is 0.257 e. The summed E-state index contributed by atoms with van der Waals surface area (Å²) >= 11 is 0. The van der Waals surface area contributed by atoms with Crippen molar-refractivity contribution in [3.63, 3.8) is 0 Å². The van der Waals surface area contributed by atoms with Crippen LogP contribution in [0.1, 0.15) is 34.5 Å². The second kappa shape index (κ2) is 6.61. The second-order valence-corrected chi connectivity index (χ2v) is 6.86. The molecule has 2 aliphatic rings. The van der Waals surface area contributed by atoms with Crippen molar-refractivity contribution in [2.24, 2.45) is 0 Å². The standard InChI is InChI=1S/C19H22N2O4/c1-14-17(5-8-23-14)18(22)21-12-19(13-21)10-16(4-9-25-19)24-11-15-2-6-20-7-3-15/h2-3,5-8,16H,4,9-13H2,1H3. The van der Waals surface area contributed by atoms with Crippen molar-refractivity contribution >= 4 is 5.91 Å². The Kier molecular flexibility index (Phi) is 4.31. The first kappa shape index (κ1) is 16.3. The van der Waals surface area contributed by atoms with Crippen LogP contribution < -0.4 is 0 Å². The lowest BCUT2D eigenvalue weighted by molar-refractivity contribution is -0.188. The van der Waals surface area contributed by atoms with E-state index in [4.69, 9.17) is 13.9 Å². The smallest absolute Gasteiger partial charge is 0.257 e. The first-order valence-corrected chi connectivity index (χ1v) is 8.63. The summed E-state index contributed by atoms with van der Waals surface area (Å²) in [6.07, 6.45) is 6.98. The first-order chi connectivity index (χ1) is 12.2. The van der Waals surface area contributed by atoms with Crippen LogP contribution in [0.25, 0.3) is 0 Å². The summed E-state index contributed by atoms with van der Waals surface area (Å²) < 4.78 is 17.3. The molecule has 0 bridgehead atoms. The number of carbonyl (C=O) groups excluding carboxylic acids is 1. The molecule has 1 spiro atoms. The zero-order chi connectivity index (χ0) is 17.3. The number of ether oxygens (including phenoxy) is 2. The Labute approximate surface area is 146 Å². The number of pyridine rings is 1. The third-order valence-corrected chi connectivity index (χ3v) is 5.02. The predicted molar refractivity (Wildman–Crippen MR) is 90.1 cm³/mol. The molecule has 2 saturated heterocycles. The van der Waals surface area contributed by atoms with E-state index in [1.807, 2.05) is 24.0 Å². The zero-order valence-corrected chi connectivity index (χ0v) is 14.3. The topological polar surface area (TPSA) is 64.8 Å². The van der Waals surface area contributed by atoms with Crippen molar-refractivity contribution in [2.45, 2.75) is 38.1 Å². The van der Waals surface area contributed by atoms with Crippen LogP contribution in [0.15, 0.2) is 41.3 Å². The Morgan fingerprint density at radius 1 is 1.36 bits per heavy atom. The molecule has 2 aromatic rings. The molecule has 2 aromatic heterocycles. The summed E-state index contributed by atoms with van der Waals surface area (Å²) in [4.78, 5) is 18.3. The summed E-state index contributed by atoms with van der Waals surface area (Å²) in [6.45, 7) is 4.30. The lowest BCUT2D eigenvalue weighted by atomic mass is 9.84. The molecule has 0 saturated carbocycles. The van der Waals surface area contributed by atoms with Gasteiger partial charge in [0.25, 0.3) is 5.91 Å². The van der Waals surface area contributed by atoms with E-state index in [2.05, 4.69) is 4.98 Å². The van der Waals surface area contributed by atoms with Crippen molar-refractivity contribution in [1.82, 2.24) is 9.88 Å². The number of nitrogens with zero attached hydrogens (tertiary/aromatic N) is 2. The molecule has 6 nitrogen and oxygen atoms in total. The van der Waals surface area contributed by atoms with Gasteiger partial charge in [0, 0.05) is 25.4 Å². The van der Waals surface area contributed by atoms with Crippen LogP contribution >= 0.6 is 0 Å². The average molecular weight is 342 g/mol. The Hall–Kier alpha value is -2.18. The molecule has 4 rings (SSSR count). The van der Waals surface area contributed by atoms with E-state index in [0.29, 0.717) is 37.6 Å². The molecule has 1 unspecified atom stereocenters. The quantitative estimate of drug-likeness (QED) is 0.854. The van der Waals surface area contributed by atoms with Gasteiger partial charge in [0.1, 0.15) is 11.4 Å². The van der Waals surface area contributed by atoms with Gasteiger partial charge in [0.15, 0.2) is 0 Å². The Morgan fingerprint density at radius 2 is 2.16 bits per heavy atom. The second-order valence-electron chi connectivity index (χ2n) is 6.86. The van der Waals surface area contributed by atoms with Crippen LogP contribution in [0.4, 0.5) is 0 Å². The van der Waals surface area contributed by atoms with Crippen molar-refractivity contribution < 1.29 is 18.7 Å². The lowest BCUT2D eigenvalue weighted by Gasteiger charge is -2.52. The number of likely N-dealkylation sites (tertiary alicyclic amines) is 1. The largest absolute Gasteiger partial charge is 0.469 e. The predicted octanol–water partition coefficient (Wildman–Crippen LogP) is 2.57. The summed E-state index contributed by atoms with van der Waals surface area (Å²) in [5.41, 5.74) is 1.50. The molecule has 1 atom stereocenters. The summed E-state index contributed by atoms with van der Waals surface area (Å²) in [5, 5.41) is 0. The normalized spacial score (nSPS) is 22.0. The highest BCUT2D eigenvalue weighted by Gasteiger charge is 2.50. The van der Waals surface area contributed by atoms with Crippen LogP contribution in [0.2, 0.25) is 0 Å². The van der Waals surface area contributed by atoms with Crippen LogP contribution in [-0.2, 0) is 16.1 Å². The van der Waals surface area contributed by atoms with Gasteiger partial charge in [-0.25, -0.2) is 0 Å². The third kappa shape index (κ3) is 3.32. The van der Waals surface area contributed by atoms with E-state index in [1.54, 1.807) is 24.7 Å². The highest BCUT2D eigenvalue weighted by molar-refractivity contribution is 5.95. The fourth-order valence-electron chi connectivity index (χ4n) is 3.61. The average Bonchev–Trinajstić information content (AvgIpc) is 3.04. The summed E-state index contributed by atoms with van der Waals surface area (Å²) in [5.74, 6) is 0.675. The molecule has 2 aliphatic heterocycles. The van der Waals surface area contributed by atoms with Crippen molar-refractivity contribution in [2.75, 3.05) is 19.7 Å². The number of aromatic nitrogens is 1. The number of hydrogen-bond acceptors (Lipinski definition) is 5. The maximum absolute atomic E-state index is 12.5. The molecule has 0 aromatic carbocycles. The van der Waals surface area contributed by atoms with Gasteiger partial charge in [-0.1, -0.05) is 0 Å². The fourth-order valence-corrected chi connectivity index (χ4v) is 3.61. The molecule has 25 heavy (non-hydrogen) atoms. The molecule has 0 radical (unpaired) electrons. The molecule has 2 fully saturated rings. The zero-order valence-electron chi connectivity index (χ0n) is 14.3. The minimum atomic E-state index is -0.255. The van der Waals surface area contributed by atoms with Crippen molar-refractivity contribution in [3.05, 3.63) is 53.7 Å². The SMILES string of the molecule is Cc1occc1C(=O)N1CC2(CC(OCc3ccncc3)CCO2)C1. The first-order valence-electron chi connectivity index (χ1n) is 8.63.